The maximum absolute atomic E-state index is 13.0. The van der Waals surface area contributed by atoms with Crippen LogP contribution in [0.5, 0.6) is 0 Å². The number of ketones is 1. The molecule has 3 unspecified atom stereocenters. The maximum atomic E-state index is 13.0. The summed E-state index contributed by atoms with van der Waals surface area (Å²) >= 11 is 0. The zero-order valence-corrected chi connectivity index (χ0v) is 13.5. The third-order valence-electron chi connectivity index (χ3n) is 5.05. The van der Waals surface area contributed by atoms with Gasteiger partial charge in [-0.1, -0.05) is 33.1 Å². The summed E-state index contributed by atoms with van der Waals surface area (Å²) in [5.74, 6) is 1.47. The number of aromatic nitrogens is 2. The van der Waals surface area contributed by atoms with Crippen molar-refractivity contribution in [2.75, 3.05) is 6.61 Å². The van der Waals surface area contributed by atoms with Gasteiger partial charge in [-0.3, -0.25) is 9.48 Å². The van der Waals surface area contributed by atoms with Gasteiger partial charge >= 0.3 is 0 Å². The summed E-state index contributed by atoms with van der Waals surface area (Å²) in [6.07, 6.45) is 7.99. The van der Waals surface area contributed by atoms with Crippen molar-refractivity contribution in [3.05, 3.63) is 17.5 Å². The number of aliphatic hydroxyl groups excluding tert-OH is 1. The van der Waals surface area contributed by atoms with Crippen LogP contribution in [0.2, 0.25) is 0 Å². The molecule has 21 heavy (non-hydrogen) atoms. The zero-order chi connectivity index (χ0) is 15.4. The highest BCUT2D eigenvalue weighted by atomic mass is 16.3. The number of nitrogens with zero attached hydrogens (tertiary/aromatic N) is 2. The largest absolute Gasteiger partial charge is 0.396 e. The van der Waals surface area contributed by atoms with Gasteiger partial charge in [0.25, 0.3) is 0 Å². The van der Waals surface area contributed by atoms with Crippen LogP contribution >= 0.6 is 0 Å². The molecule has 1 heterocycles. The SMILES string of the molecule is CCC(C)C1CCCCC1C(=O)c1cn(C)nc1CCO. The van der Waals surface area contributed by atoms with Crippen molar-refractivity contribution in [2.24, 2.45) is 24.8 Å². The first-order chi connectivity index (χ1) is 10.1. The highest BCUT2D eigenvalue weighted by Gasteiger charge is 2.35. The number of aliphatic hydroxyl groups is 1. The van der Waals surface area contributed by atoms with E-state index in [1.807, 2.05) is 13.2 Å². The van der Waals surface area contributed by atoms with E-state index in [1.54, 1.807) is 4.68 Å². The normalized spacial score (nSPS) is 24.0. The number of hydrogen-bond acceptors (Lipinski definition) is 3. The molecule has 1 aromatic heterocycles. The molecule has 3 atom stereocenters. The van der Waals surface area contributed by atoms with E-state index in [9.17, 15) is 4.79 Å². The molecule has 4 heteroatoms. The third-order valence-corrected chi connectivity index (χ3v) is 5.05. The van der Waals surface area contributed by atoms with Gasteiger partial charge in [-0.15, -0.1) is 0 Å². The minimum atomic E-state index is 0.0384. The first-order valence-electron chi connectivity index (χ1n) is 8.26. The van der Waals surface area contributed by atoms with Gasteiger partial charge in [-0.2, -0.15) is 5.10 Å². The minimum absolute atomic E-state index is 0.0384. The van der Waals surface area contributed by atoms with E-state index < -0.39 is 0 Å². The number of rotatable bonds is 6. The second kappa shape index (κ2) is 7.21. The average molecular weight is 292 g/mol. The van der Waals surface area contributed by atoms with Crippen molar-refractivity contribution in [1.29, 1.82) is 0 Å². The van der Waals surface area contributed by atoms with Crippen LogP contribution < -0.4 is 0 Å². The molecule has 1 aliphatic carbocycles. The second-order valence-corrected chi connectivity index (χ2v) is 6.44. The fraction of sp³-hybridized carbons (Fsp3) is 0.765. The van der Waals surface area contributed by atoms with Gasteiger partial charge in [0.1, 0.15) is 0 Å². The summed E-state index contributed by atoms with van der Waals surface area (Å²) in [5, 5.41) is 13.5. The smallest absolute Gasteiger partial charge is 0.169 e. The molecule has 1 saturated carbocycles. The molecule has 0 bridgehead atoms. The molecule has 1 aromatic rings. The molecular weight excluding hydrogens is 264 g/mol. The van der Waals surface area contributed by atoms with Gasteiger partial charge in [0.15, 0.2) is 5.78 Å². The number of carbonyl (C=O) groups is 1. The lowest BCUT2D eigenvalue weighted by Crippen LogP contribution is -2.31. The van der Waals surface area contributed by atoms with Crippen LogP contribution in [0.3, 0.4) is 0 Å². The van der Waals surface area contributed by atoms with Crippen molar-refractivity contribution in [3.63, 3.8) is 0 Å². The standard InChI is InChI=1S/C17H28N2O2/c1-4-12(2)13-7-5-6-8-14(13)17(21)15-11-19(3)18-16(15)9-10-20/h11-14,20H,4-10H2,1-3H3. The second-order valence-electron chi connectivity index (χ2n) is 6.44. The molecule has 1 N–H and O–H groups in total. The highest BCUT2D eigenvalue weighted by Crippen LogP contribution is 2.38. The van der Waals surface area contributed by atoms with Gasteiger partial charge < -0.3 is 5.11 Å². The van der Waals surface area contributed by atoms with Gasteiger partial charge in [-0.05, 0) is 24.7 Å². The summed E-state index contributed by atoms with van der Waals surface area (Å²) in [6, 6.07) is 0. The predicted octanol–water partition coefficient (Wildman–Crippen LogP) is 2.99. The van der Waals surface area contributed by atoms with Crippen LogP contribution in [-0.4, -0.2) is 27.3 Å². The summed E-state index contributed by atoms with van der Waals surface area (Å²) in [5.41, 5.74) is 1.48. The zero-order valence-electron chi connectivity index (χ0n) is 13.5. The Kier molecular flexibility index (Phi) is 5.57. The van der Waals surface area contributed by atoms with E-state index in [0.717, 1.165) is 30.5 Å². The van der Waals surface area contributed by atoms with Gasteiger partial charge in [-0.25, -0.2) is 0 Å². The minimum Gasteiger partial charge on any atom is -0.396 e. The Morgan fingerprint density at radius 2 is 2.19 bits per heavy atom. The number of Topliss-reactive ketones (excluding diaryl/α,β-unsaturated/α-hetero) is 1. The molecule has 1 fully saturated rings. The van der Waals surface area contributed by atoms with Crippen molar-refractivity contribution in [2.45, 2.75) is 52.4 Å². The Labute approximate surface area is 127 Å². The number of hydrogen-bond donors (Lipinski definition) is 1. The van der Waals surface area contributed by atoms with E-state index in [4.69, 9.17) is 5.11 Å². The monoisotopic (exact) mass is 292 g/mol. The summed E-state index contributed by atoms with van der Waals surface area (Å²) < 4.78 is 1.69. The summed E-state index contributed by atoms with van der Waals surface area (Å²) in [7, 11) is 1.84. The lowest BCUT2D eigenvalue weighted by Gasteiger charge is -2.34. The lowest BCUT2D eigenvalue weighted by atomic mass is 9.69. The van der Waals surface area contributed by atoms with Gasteiger partial charge in [0.2, 0.25) is 0 Å². The molecule has 0 aromatic carbocycles. The molecule has 0 radical (unpaired) electrons. The quantitative estimate of drug-likeness (QED) is 0.820. The van der Waals surface area contributed by atoms with E-state index in [-0.39, 0.29) is 18.3 Å². The van der Waals surface area contributed by atoms with Crippen molar-refractivity contribution in [3.8, 4) is 0 Å². The van der Waals surface area contributed by atoms with Crippen LogP contribution in [0.4, 0.5) is 0 Å². The lowest BCUT2D eigenvalue weighted by molar-refractivity contribution is 0.0761. The molecule has 0 saturated heterocycles. The van der Waals surface area contributed by atoms with E-state index >= 15 is 0 Å². The number of carbonyl (C=O) groups excluding carboxylic acids is 1. The molecule has 118 valence electrons. The molecule has 0 spiro atoms. The molecular formula is C17H28N2O2. The van der Waals surface area contributed by atoms with Crippen LogP contribution in [-0.2, 0) is 13.5 Å². The Morgan fingerprint density at radius 1 is 1.48 bits per heavy atom. The van der Waals surface area contributed by atoms with Gasteiger partial charge in [0.05, 0.1) is 11.3 Å². The predicted molar refractivity (Wildman–Crippen MR) is 83.2 cm³/mol. The van der Waals surface area contributed by atoms with Crippen LogP contribution in [0, 0.1) is 17.8 Å². The van der Waals surface area contributed by atoms with E-state index in [0.29, 0.717) is 18.3 Å². The molecule has 1 aliphatic rings. The highest BCUT2D eigenvalue weighted by molar-refractivity contribution is 5.99. The molecule has 2 rings (SSSR count). The van der Waals surface area contributed by atoms with Crippen molar-refractivity contribution in [1.82, 2.24) is 9.78 Å². The topological polar surface area (TPSA) is 55.1 Å². The van der Waals surface area contributed by atoms with Crippen molar-refractivity contribution >= 4 is 5.78 Å². The van der Waals surface area contributed by atoms with Crippen LogP contribution in [0.1, 0.15) is 62.0 Å². The van der Waals surface area contributed by atoms with Crippen LogP contribution in [0.15, 0.2) is 6.20 Å². The van der Waals surface area contributed by atoms with Gasteiger partial charge in [0, 0.05) is 32.2 Å². The fourth-order valence-corrected chi connectivity index (χ4v) is 3.70. The Balaban J connectivity index is 2.24. The van der Waals surface area contributed by atoms with E-state index in [1.165, 1.54) is 12.8 Å². The maximum Gasteiger partial charge on any atom is 0.169 e. The molecule has 0 aliphatic heterocycles. The number of aryl methyl sites for hydroxylation is 1. The molecule has 0 amide bonds. The summed E-state index contributed by atoms with van der Waals surface area (Å²) in [6.45, 7) is 4.52. The Bertz CT molecular complexity index is 481. The first-order valence-corrected chi connectivity index (χ1v) is 8.26. The van der Waals surface area contributed by atoms with Crippen LogP contribution in [0.25, 0.3) is 0 Å². The van der Waals surface area contributed by atoms with E-state index in [2.05, 4.69) is 18.9 Å². The Hall–Kier alpha value is -1.16. The Morgan fingerprint density at radius 3 is 2.86 bits per heavy atom. The average Bonchev–Trinajstić information content (AvgIpc) is 2.87. The molecule has 4 nitrogen and oxygen atoms in total. The fourth-order valence-electron chi connectivity index (χ4n) is 3.70. The van der Waals surface area contributed by atoms with Crippen molar-refractivity contribution < 1.29 is 9.90 Å². The third kappa shape index (κ3) is 3.54. The first kappa shape index (κ1) is 16.2. The summed E-state index contributed by atoms with van der Waals surface area (Å²) in [4.78, 5) is 13.0.